The Kier molecular flexibility index (Phi) is 9.74. The van der Waals surface area contributed by atoms with Gasteiger partial charge in [0, 0.05) is 23.9 Å². The van der Waals surface area contributed by atoms with Gasteiger partial charge in [-0.15, -0.1) is 0 Å². The van der Waals surface area contributed by atoms with Gasteiger partial charge in [-0.1, -0.05) is 19.1 Å². The molecule has 0 aliphatic rings. The van der Waals surface area contributed by atoms with Gasteiger partial charge in [0.05, 0.1) is 17.3 Å². The van der Waals surface area contributed by atoms with Gasteiger partial charge < -0.3 is 20.9 Å². The third-order valence-electron chi connectivity index (χ3n) is 4.62. The van der Waals surface area contributed by atoms with Crippen molar-refractivity contribution in [3.63, 3.8) is 0 Å². The number of hydrogen-bond acceptors (Lipinski definition) is 7. The summed E-state index contributed by atoms with van der Waals surface area (Å²) in [5, 5.41) is 33.9. The predicted molar refractivity (Wildman–Crippen MR) is 122 cm³/mol. The summed E-state index contributed by atoms with van der Waals surface area (Å²) in [5.41, 5.74) is 8.58. The number of nitrogens with one attached hydrogen (secondary N) is 2. The number of phenolic OH excluding ortho intramolecular Hbond substituents is 1. The number of anilines is 2. The minimum absolute atomic E-state index is 0.0147. The highest BCUT2D eigenvalue weighted by molar-refractivity contribution is 5.59. The second-order valence-electron chi connectivity index (χ2n) is 7.13. The summed E-state index contributed by atoms with van der Waals surface area (Å²) in [6.07, 6.45) is 10.6. The Morgan fingerprint density at radius 2 is 1.97 bits per heavy atom. The van der Waals surface area contributed by atoms with E-state index in [1.54, 1.807) is 30.3 Å². The molecule has 0 amide bonds. The lowest BCUT2D eigenvalue weighted by molar-refractivity contribution is 0.301. The quantitative estimate of drug-likeness (QED) is 0.0993. The normalized spacial score (nSPS) is 10.5. The molecule has 0 aromatic heterocycles. The zero-order chi connectivity index (χ0) is 22.5. The average Bonchev–Trinajstić information content (AvgIpc) is 2.76. The Labute approximate surface area is 183 Å². The highest BCUT2D eigenvalue weighted by Gasteiger charge is 2.10. The summed E-state index contributed by atoms with van der Waals surface area (Å²) >= 11 is 0. The van der Waals surface area contributed by atoms with Crippen molar-refractivity contribution in [1.82, 2.24) is 5.32 Å². The number of phenols is 1. The number of hydrogen-bond donors (Lipinski definition) is 4. The average molecular weight is 420 g/mol. The van der Waals surface area contributed by atoms with E-state index < -0.39 is 0 Å². The van der Waals surface area contributed by atoms with Gasteiger partial charge in [-0.25, -0.2) is 0 Å². The van der Waals surface area contributed by atoms with Crippen molar-refractivity contribution in [3.05, 3.63) is 59.2 Å². The molecule has 0 bridgehead atoms. The molecule has 0 aliphatic heterocycles. The summed E-state index contributed by atoms with van der Waals surface area (Å²) in [5.74, 6) is 0.576. The maximum Gasteiger partial charge on any atom is 0.181 e. The van der Waals surface area contributed by atoms with Crippen molar-refractivity contribution in [2.75, 3.05) is 17.6 Å². The van der Waals surface area contributed by atoms with Gasteiger partial charge in [0.2, 0.25) is 0 Å². The largest absolute Gasteiger partial charge is 0.506 e. The smallest absolute Gasteiger partial charge is 0.181 e. The molecule has 7 nitrogen and oxygen atoms in total. The summed E-state index contributed by atoms with van der Waals surface area (Å²) in [4.78, 5) is 0. The molecule has 0 spiro atoms. The summed E-state index contributed by atoms with van der Waals surface area (Å²) in [7, 11) is 0. The lowest BCUT2D eigenvalue weighted by atomic mass is 10.1. The van der Waals surface area contributed by atoms with Crippen LogP contribution in [0.25, 0.3) is 0 Å². The van der Waals surface area contributed by atoms with E-state index in [0.29, 0.717) is 23.5 Å². The molecule has 0 aliphatic carbocycles. The molecule has 0 radical (unpaired) electrons. The van der Waals surface area contributed by atoms with Gasteiger partial charge in [0.1, 0.15) is 18.1 Å². The van der Waals surface area contributed by atoms with E-state index >= 15 is 0 Å². The third-order valence-corrected chi connectivity index (χ3v) is 4.62. The summed E-state index contributed by atoms with van der Waals surface area (Å²) < 4.78 is 5.95. The number of nitrogens with two attached hydrogens (primary N) is 1. The van der Waals surface area contributed by atoms with Gasteiger partial charge in [0.15, 0.2) is 6.19 Å². The van der Waals surface area contributed by atoms with Crippen LogP contribution >= 0.6 is 0 Å². The molecule has 0 heterocycles. The third kappa shape index (κ3) is 7.93. The highest BCUT2D eigenvalue weighted by atomic mass is 16.5. The van der Waals surface area contributed by atoms with Crippen LogP contribution in [0, 0.1) is 22.8 Å². The first kappa shape index (κ1) is 23.6. The van der Waals surface area contributed by atoms with Gasteiger partial charge in [-0.05, 0) is 62.1 Å². The molecule has 0 atom stereocenters. The SMILES string of the molecule is CC/C=C/CCCCNCc1cc(O)c(N)cc1OCc1cc(C#N)cc(NC#N)c1. The number of allylic oxidation sites excluding steroid dienone is 2. The fourth-order valence-corrected chi connectivity index (χ4v) is 3.06. The second-order valence-corrected chi connectivity index (χ2v) is 7.13. The first-order valence-corrected chi connectivity index (χ1v) is 10.4. The van der Waals surface area contributed by atoms with Crippen LogP contribution in [0.3, 0.4) is 0 Å². The molecule has 162 valence electrons. The minimum Gasteiger partial charge on any atom is -0.506 e. The Hall–Kier alpha value is -3.68. The van der Waals surface area contributed by atoms with Crippen molar-refractivity contribution in [1.29, 1.82) is 10.5 Å². The molecule has 0 fully saturated rings. The Balaban J connectivity index is 2.00. The highest BCUT2D eigenvalue weighted by Crippen LogP contribution is 2.31. The van der Waals surface area contributed by atoms with E-state index in [1.165, 1.54) is 0 Å². The Morgan fingerprint density at radius 1 is 1.13 bits per heavy atom. The fraction of sp³-hybridized carbons (Fsp3) is 0.333. The number of unbranched alkanes of at least 4 members (excludes halogenated alkanes) is 2. The number of nitrogen functional groups attached to an aromatic ring is 1. The van der Waals surface area contributed by atoms with Crippen molar-refractivity contribution in [2.24, 2.45) is 0 Å². The van der Waals surface area contributed by atoms with Crippen LogP contribution in [0.1, 0.15) is 49.3 Å². The van der Waals surface area contributed by atoms with Crippen LogP contribution in [0.15, 0.2) is 42.5 Å². The van der Waals surface area contributed by atoms with Crippen molar-refractivity contribution in [2.45, 2.75) is 45.8 Å². The number of rotatable bonds is 12. The summed E-state index contributed by atoms with van der Waals surface area (Å²) in [6, 6.07) is 10.3. The maximum absolute atomic E-state index is 10.0. The lowest BCUT2D eigenvalue weighted by Gasteiger charge is -2.15. The van der Waals surface area contributed by atoms with E-state index in [9.17, 15) is 10.4 Å². The van der Waals surface area contributed by atoms with E-state index in [4.69, 9.17) is 15.7 Å². The molecular formula is C24H29N5O2. The van der Waals surface area contributed by atoms with E-state index in [1.807, 2.05) is 6.19 Å². The van der Waals surface area contributed by atoms with Crippen molar-refractivity contribution >= 4 is 11.4 Å². The second kappa shape index (κ2) is 12.8. The number of aromatic hydroxyl groups is 1. The van der Waals surface area contributed by atoms with Crippen LogP contribution in [0.2, 0.25) is 0 Å². The summed E-state index contributed by atoms with van der Waals surface area (Å²) in [6.45, 7) is 3.71. The van der Waals surface area contributed by atoms with E-state index in [0.717, 1.165) is 43.4 Å². The molecule has 0 unspecified atom stereocenters. The number of benzene rings is 2. The zero-order valence-electron chi connectivity index (χ0n) is 17.8. The first-order valence-electron chi connectivity index (χ1n) is 10.4. The minimum atomic E-state index is 0.0147. The number of ether oxygens (including phenoxy) is 1. The van der Waals surface area contributed by atoms with Crippen LogP contribution in [-0.4, -0.2) is 11.7 Å². The predicted octanol–water partition coefficient (Wildman–Crippen LogP) is 4.54. The monoisotopic (exact) mass is 419 g/mol. The first-order chi connectivity index (χ1) is 15.1. The van der Waals surface area contributed by atoms with E-state index in [2.05, 4.69) is 35.8 Å². The van der Waals surface area contributed by atoms with Crippen LogP contribution < -0.4 is 21.1 Å². The molecule has 0 saturated heterocycles. The van der Waals surface area contributed by atoms with Crippen LogP contribution in [0.4, 0.5) is 11.4 Å². The molecule has 31 heavy (non-hydrogen) atoms. The number of nitriles is 2. The molecule has 5 N–H and O–H groups in total. The molecule has 7 heteroatoms. The fourth-order valence-electron chi connectivity index (χ4n) is 3.06. The maximum atomic E-state index is 10.0. The van der Waals surface area contributed by atoms with Crippen molar-refractivity contribution in [3.8, 4) is 23.8 Å². The Bertz CT molecular complexity index is 973. The number of nitrogens with zero attached hydrogens (tertiary/aromatic N) is 2. The van der Waals surface area contributed by atoms with Gasteiger partial charge in [0.25, 0.3) is 0 Å². The lowest BCUT2D eigenvalue weighted by Crippen LogP contribution is -2.15. The van der Waals surface area contributed by atoms with Gasteiger partial charge in [-0.2, -0.15) is 10.5 Å². The van der Waals surface area contributed by atoms with Crippen molar-refractivity contribution < 1.29 is 9.84 Å². The van der Waals surface area contributed by atoms with Crippen LogP contribution in [0.5, 0.6) is 11.5 Å². The van der Waals surface area contributed by atoms with E-state index in [-0.39, 0.29) is 18.0 Å². The molecule has 2 aromatic carbocycles. The molecule has 0 saturated carbocycles. The van der Waals surface area contributed by atoms with Gasteiger partial charge in [-0.3, -0.25) is 5.32 Å². The topological polar surface area (TPSA) is 127 Å². The van der Waals surface area contributed by atoms with Gasteiger partial charge >= 0.3 is 0 Å². The standard InChI is InChI=1S/C24H29N5O2/c1-2-3-4-5-6-7-8-28-15-20-12-23(30)22(27)13-24(20)31-16-19-9-18(14-25)10-21(11-19)29-17-26/h3-4,9-13,28-30H,2,5-8,15-16,27H2,1H3/b4-3+. The van der Waals surface area contributed by atoms with Crippen LogP contribution in [-0.2, 0) is 13.2 Å². The molecule has 2 aromatic rings. The Morgan fingerprint density at radius 3 is 2.71 bits per heavy atom. The zero-order valence-corrected chi connectivity index (χ0v) is 17.8. The molecular weight excluding hydrogens is 390 g/mol. The molecule has 2 rings (SSSR count).